The maximum absolute atomic E-state index is 5.29. The molecule has 0 saturated heterocycles. The van der Waals surface area contributed by atoms with Gasteiger partial charge in [-0.1, -0.05) is 6.92 Å². The molecule has 0 saturated carbocycles. The zero-order chi connectivity index (χ0) is 11.4. The average Bonchev–Trinajstić information content (AvgIpc) is 2.78. The lowest BCUT2D eigenvalue weighted by Gasteiger charge is -2.00. The molecule has 2 rings (SSSR count). The topological polar surface area (TPSA) is 81.7 Å². The molecule has 0 amide bonds. The molecule has 0 aliphatic rings. The van der Waals surface area contributed by atoms with E-state index in [2.05, 4.69) is 27.4 Å². The third-order valence-electron chi connectivity index (χ3n) is 2.15. The van der Waals surface area contributed by atoms with Gasteiger partial charge in [-0.2, -0.15) is 5.10 Å². The summed E-state index contributed by atoms with van der Waals surface area (Å²) in [4.78, 5) is 8.41. The summed E-state index contributed by atoms with van der Waals surface area (Å²) in [6.45, 7) is 3.01. The smallest absolute Gasteiger partial charge is 0.164 e. The zero-order valence-electron chi connectivity index (χ0n) is 9.09. The van der Waals surface area contributed by atoms with Gasteiger partial charge in [0.05, 0.1) is 11.8 Å². The highest BCUT2D eigenvalue weighted by atomic mass is 15.3. The maximum atomic E-state index is 5.29. The first-order valence-corrected chi connectivity index (χ1v) is 5.16. The van der Waals surface area contributed by atoms with E-state index < -0.39 is 0 Å². The summed E-state index contributed by atoms with van der Waals surface area (Å²) in [6, 6.07) is 1.71. The van der Waals surface area contributed by atoms with Crippen LogP contribution in [0.5, 0.6) is 0 Å². The summed E-state index contributed by atoms with van der Waals surface area (Å²) in [7, 11) is 0. The van der Waals surface area contributed by atoms with Crippen molar-refractivity contribution < 1.29 is 0 Å². The lowest BCUT2D eigenvalue weighted by atomic mass is 10.3. The second-order valence-corrected chi connectivity index (χ2v) is 3.40. The highest BCUT2D eigenvalue weighted by Gasteiger charge is 2.04. The van der Waals surface area contributed by atoms with E-state index in [0.29, 0.717) is 11.6 Å². The molecule has 0 aliphatic heterocycles. The van der Waals surface area contributed by atoms with Crippen LogP contribution in [0.15, 0.2) is 24.7 Å². The van der Waals surface area contributed by atoms with Crippen LogP contribution in [0.2, 0.25) is 0 Å². The number of nitrogens with one attached hydrogen (secondary N) is 1. The molecule has 2 aromatic rings. The molecule has 0 aliphatic carbocycles. The number of nitrogens with two attached hydrogens (primary N) is 1. The lowest BCUT2D eigenvalue weighted by Crippen LogP contribution is -2.08. The van der Waals surface area contributed by atoms with E-state index >= 15 is 0 Å². The minimum Gasteiger partial charge on any atom is -0.308 e. The minimum atomic E-state index is 0.591. The summed E-state index contributed by atoms with van der Waals surface area (Å²) >= 11 is 0. The van der Waals surface area contributed by atoms with Crippen LogP contribution >= 0.6 is 0 Å². The van der Waals surface area contributed by atoms with Crippen LogP contribution < -0.4 is 11.3 Å². The first-order valence-electron chi connectivity index (χ1n) is 5.16. The van der Waals surface area contributed by atoms with Crippen LogP contribution in [0.3, 0.4) is 0 Å². The quantitative estimate of drug-likeness (QED) is 0.591. The van der Waals surface area contributed by atoms with Gasteiger partial charge in [0.15, 0.2) is 5.82 Å². The van der Waals surface area contributed by atoms with E-state index in [1.807, 2.05) is 10.9 Å². The fourth-order valence-corrected chi connectivity index (χ4v) is 1.41. The molecular weight excluding hydrogens is 204 g/mol. The van der Waals surface area contributed by atoms with Crippen LogP contribution in [0, 0.1) is 0 Å². The van der Waals surface area contributed by atoms with Gasteiger partial charge < -0.3 is 5.43 Å². The van der Waals surface area contributed by atoms with Crippen molar-refractivity contribution in [2.45, 2.75) is 19.9 Å². The minimum absolute atomic E-state index is 0.591. The monoisotopic (exact) mass is 218 g/mol. The first-order chi connectivity index (χ1) is 7.83. The number of aryl methyl sites for hydroxylation is 1. The number of rotatable bonds is 4. The molecule has 0 fully saturated rings. The van der Waals surface area contributed by atoms with Gasteiger partial charge in [-0.15, -0.1) is 0 Å². The second-order valence-electron chi connectivity index (χ2n) is 3.40. The van der Waals surface area contributed by atoms with Crippen LogP contribution in [0.25, 0.3) is 11.4 Å². The van der Waals surface area contributed by atoms with Crippen LogP contribution in [0.1, 0.15) is 13.3 Å². The Labute approximate surface area is 93.5 Å². The van der Waals surface area contributed by atoms with Crippen molar-refractivity contribution in [3.63, 3.8) is 0 Å². The second kappa shape index (κ2) is 4.71. The van der Waals surface area contributed by atoms with Gasteiger partial charge >= 0.3 is 0 Å². The van der Waals surface area contributed by atoms with Crippen LogP contribution in [0.4, 0.5) is 5.82 Å². The summed E-state index contributed by atoms with van der Waals surface area (Å²) < 4.78 is 1.88. The van der Waals surface area contributed by atoms with Crippen LogP contribution in [-0.4, -0.2) is 19.7 Å². The molecule has 2 heterocycles. The molecule has 16 heavy (non-hydrogen) atoms. The van der Waals surface area contributed by atoms with Gasteiger partial charge in [0.2, 0.25) is 0 Å². The Morgan fingerprint density at radius 2 is 2.38 bits per heavy atom. The van der Waals surface area contributed by atoms with Crippen molar-refractivity contribution in [3.8, 4) is 11.4 Å². The molecule has 84 valence electrons. The third-order valence-corrected chi connectivity index (χ3v) is 2.15. The predicted molar refractivity (Wildman–Crippen MR) is 61.4 cm³/mol. The highest BCUT2D eigenvalue weighted by Crippen LogP contribution is 2.14. The summed E-state index contributed by atoms with van der Waals surface area (Å²) in [5.41, 5.74) is 3.38. The zero-order valence-corrected chi connectivity index (χ0v) is 9.09. The Kier molecular flexibility index (Phi) is 3.11. The van der Waals surface area contributed by atoms with E-state index in [4.69, 9.17) is 5.84 Å². The van der Waals surface area contributed by atoms with Crippen molar-refractivity contribution in [1.82, 2.24) is 19.7 Å². The number of hydrogen-bond donors (Lipinski definition) is 2. The van der Waals surface area contributed by atoms with Crippen molar-refractivity contribution in [2.75, 3.05) is 5.43 Å². The Morgan fingerprint density at radius 1 is 1.50 bits per heavy atom. The van der Waals surface area contributed by atoms with Gasteiger partial charge in [-0.25, -0.2) is 15.8 Å². The van der Waals surface area contributed by atoms with Gasteiger partial charge in [-0.05, 0) is 6.42 Å². The van der Waals surface area contributed by atoms with Crippen molar-refractivity contribution in [1.29, 1.82) is 0 Å². The van der Waals surface area contributed by atoms with E-state index in [-0.39, 0.29) is 0 Å². The molecule has 6 nitrogen and oxygen atoms in total. The molecule has 0 aromatic carbocycles. The molecule has 0 unspecified atom stereocenters. The number of hydrogen-bond acceptors (Lipinski definition) is 5. The molecule has 3 N–H and O–H groups in total. The maximum Gasteiger partial charge on any atom is 0.164 e. The van der Waals surface area contributed by atoms with Crippen molar-refractivity contribution >= 4 is 5.82 Å². The van der Waals surface area contributed by atoms with E-state index in [1.165, 1.54) is 0 Å². The van der Waals surface area contributed by atoms with E-state index in [0.717, 1.165) is 18.5 Å². The van der Waals surface area contributed by atoms with E-state index in [9.17, 15) is 0 Å². The molecule has 0 bridgehead atoms. The molecule has 0 spiro atoms. The van der Waals surface area contributed by atoms with Gasteiger partial charge in [0, 0.05) is 25.0 Å². The normalized spacial score (nSPS) is 10.4. The fraction of sp³-hybridized carbons (Fsp3) is 0.300. The van der Waals surface area contributed by atoms with Gasteiger partial charge in [0.25, 0.3) is 0 Å². The number of nitrogen functional groups attached to an aromatic ring is 1. The molecule has 2 aromatic heterocycles. The Morgan fingerprint density at radius 3 is 3.12 bits per heavy atom. The Hall–Kier alpha value is -1.95. The van der Waals surface area contributed by atoms with Gasteiger partial charge in [-0.3, -0.25) is 4.68 Å². The van der Waals surface area contributed by atoms with Crippen LogP contribution in [-0.2, 0) is 6.54 Å². The standard InChI is InChI=1S/C10H14N6/c1-2-5-16-7-8(6-13-16)10-12-4-3-9(14-10)15-11/h3-4,6-7H,2,5,11H2,1H3,(H,12,14,15). The van der Waals surface area contributed by atoms with Crippen molar-refractivity contribution in [3.05, 3.63) is 24.7 Å². The van der Waals surface area contributed by atoms with E-state index in [1.54, 1.807) is 18.5 Å². The largest absolute Gasteiger partial charge is 0.308 e. The predicted octanol–water partition coefficient (Wildman–Crippen LogP) is 1.04. The molecule has 0 atom stereocenters. The summed E-state index contributed by atoms with van der Waals surface area (Å²) in [5.74, 6) is 6.50. The Balaban J connectivity index is 2.27. The number of aromatic nitrogens is 4. The SMILES string of the molecule is CCCn1cc(-c2nccc(NN)n2)cn1. The summed E-state index contributed by atoms with van der Waals surface area (Å²) in [6.07, 6.45) is 6.39. The molecule has 0 radical (unpaired) electrons. The van der Waals surface area contributed by atoms with Crippen molar-refractivity contribution in [2.24, 2.45) is 5.84 Å². The molecular formula is C10H14N6. The van der Waals surface area contributed by atoms with Gasteiger partial charge in [0.1, 0.15) is 5.82 Å². The number of anilines is 1. The number of nitrogens with zero attached hydrogens (tertiary/aromatic N) is 4. The molecule has 6 heteroatoms. The lowest BCUT2D eigenvalue weighted by molar-refractivity contribution is 0.603. The summed E-state index contributed by atoms with van der Waals surface area (Å²) in [5, 5.41) is 4.22. The highest BCUT2D eigenvalue weighted by molar-refractivity contribution is 5.54. The average molecular weight is 218 g/mol. The first kappa shape index (κ1) is 10.6. The fourth-order valence-electron chi connectivity index (χ4n) is 1.41. The number of hydrazine groups is 1. The third kappa shape index (κ3) is 2.17. The Bertz CT molecular complexity index is 464.